The Hall–Kier alpha value is -2.92. The minimum atomic E-state index is -0.241. The number of nitrogens with zero attached hydrogens (tertiary/aromatic N) is 2. The van der Waals surface area contributed by atoms with Crippen molar-refractivity contribution in [2.75, 3.05) is 5.32 Å². The van der Waals surface area contributed by atoms with Crippen molar-refractivity contribution >= 4 is 29.0 Å². The van der Waals surface area contributed by atoms with Crippen molar-refractivity contribution in [3.63, 3.8) is 0 Å². The zero-order valence-corrected chi connectivity index (χ0v) is 15.3. The molecule has 0 aliphatic rings. The largest absolute Gasteiger partial charge is 0.347 e. The third kappa shape index (κ3) is 4.58. The number of aryl methyl sites for hydroxylation is 2. The lowest BCUT2D eigenvalue weighted by atomic mass is 10.2. The molecule has 2 aromatic carbocycles. The molecular formula is C20H19ClN4O. The molecule has 0 spiro atoms. The molecule has 3 rings (SSSR count). The fourth-order valence-corrected chi connectivity index (χ4v) is 2.75. The number of hydrogen-bond acceptors (Lipinski definition) is 4. The van der Waals surface area contributed by atoms with Crippen LogP contribution < -0.4 is 10.6 Å². The molecule has 0 fully saturated rings. The van der Waals surface area contributed by atoms with Crippen LogP contribution in [0.3, 0.4) is 0 Å². The fraction of sp³-hybridized carbons (Fsp3) is 0.150. The smallest absolute Gasteiger partial charge is 0.270 e. The van der Waals surface area contributed by atoms with Crippen LogP contribution in [0.5, 0.6) is 0 Å². The maximum Gasteiger partial charge on any atom is 0.270 e. The summed E-state index contributed by atoms with van der Waals surface area (Å²) in [5.41, 5.74) is 3.22. The van der Waals surface area contributed by atoms with E-state index in [1.54, 1.807) is 19.1 Å². The van der Waals surface area contributed by atoms with Gasteiger partial charge < -0.3 is 10.6 Å². The van der Waals surface area contributed by atoms with Gasteiger partial charge >= 0.3 is 0 Å². The summed E-state index contributed by atoms with van der Waals surface area (Å²) in [6.07, 6.45) is 0. The van der Waals surface area contributed by atoms with Crippen LogP contribution >= 0.6 is 11.6 Å². The van der Waals surface area contributed by atoms with E-state index in [0.29, 0.717) is 28.9 Å². The topological polar surface area (TPSA) is 66.9 Å². The van der Waals surface area contributed by atoms with E-state index in [1.807, 2.05) is 49.4 Å². The summed E-state index contributed by atoms with van der Waals surface area (Å²) < 4.78 is 0. The zero-order valence-electron chi connectivity index (χ0n) is 14.6. The van der Waals surface area contributed by atoms with Gasteiger partial charge in [-0.1, -0.05) is 41.9 Å². The quantitative estimate of drug-likeness (QED) is 0.701. The van der Waals surface area contributed by atoms with Gasteiger partial charge in [0.15, 0.2) is 0 Å². The molecular weight excluding hydrogens is 348 g/mol. The summed E-state index contributed by atoms with van der Waals surface area (Å²) >= 11 is 5.99. The van der Waals surface area contributed by atoms with E-state index in [0.717, 1.165) is 16.8 Å². The molecule has 0 aliphatic carbocycles. The van der Waals surface area contributed by atoms with Gasteiger partial charge in [0.2, 0.25) is 0 Å². The number of halogens is 1. The fourth-order valence-electron chi connectivity index (χ4n) is 2.52. The Bertz CT molecular complexity index is 928. The second-order valence-electron chi connectivity index (χ2n) is 5.94. The lowest BCUT2D eigenvalue weighted by Crippen LogP contribution is -2.24. The van der Waals surface area contributed by atoms with Gasteiger partial charge in [-0.15, -0.1) is 0 Å². The van der Waals surface area contributed by atoms with Crippen LogP contribution in [0, 0.1) is 13.8 Å². The maximum absolute atomic E-state index is 12.4. The summed E-state index contributed by atoms with van der Waals surface area (Å²) in [6, 6.07) is 16.9. The minimum absolute atomic E-state index is 0.241. The summed E-state index contributed by atoms with van der Waals surface area (Å²) in [4.78, 5) is 21.0. The minimum Gasteiger partial charge on any atom is -0.347 e. The van der Waals surface area contributed by atoms with Crippen molar-refractivity contribution in [1.82, 2.24) is 15.3 Å². The Balaban J connectivity index is 1.75. The molecule has 2 N–H and O–H groups in total. The van der Waals surface area contributed by atoms with Gasteiger partial charge in [0.25, 0.3) is 5.91 Å². The highest BCUT2D eigenvalue weighted by Gasteiger charge is 2.11. The molecule has 0 radical (unpaired) electrons. The first kappa shape index (κ1) is 17.9. The van der Waals surface area contributed by atoms with Crippen LogP contribution in [-0.4, -0.2) is 15.9 Å². The molecule has 1 aromatic heterocycles. The van der Waals surface area contributed by atoms with Crippen molar-refractivity contribution < 1.29 is 4.79 Å². The van der Waals surface area contributed by atoms with Crippen LogP contribution in [0.25, 0.3) is 0 Å². The number of rotatable bonds is 5. The highest BCUT2D eigenvalue weighted by molar-refractivity contribution is 6.30. The van der Waals surface area contributed by atoms with Crippen molar-refractivity contribution in [3.05, 3.63) is 82.3 Å². The molecule has 1 heterocycles. The van der Waals surface area contributed by atoms with Crippen LogP contribution in [0.2, 0.25) is 5.02 Å². The van der Waals surface area contributed by atoms with Crippen LogP contribution in [0.1, 0.15) is 27.4 Å². The zero-order chi connectivity index (χ0) is 18.5. The molecule has 0 atom stereocenters. The molecule has 0 aliphatic heterocycles. The SMILES string of the molecule is Cc1nc(Nc2ccc(Cl)cc2C)cc(C(=O)NCc2ccccc2)n1. The van der Waals surface area contributed by atoms with Crippen molar-refractivity contribution in [2.24, 2.45) is 0 Å². The molecule has 6 heteroatoms. The lowest BCUT2D eigenvalue weighted by Gasteiger charge is -2.11. The van der Waals surface area contributed by atoms with E-state index in [2.05, 4.69) is 20.6 Å². The van der Waals surface area contributed by atoms with E-state index in [4.69, 9.17) is 11.6 Å². The van der Waals surface area contributed by atoms with Crippen LogP contribution in [-0.2, 0) is 6.54 Å². The standard InChI is InChI=1S/C20H19ClN4O/c1-13-10-16(21)8-9-17(13)25-19-11-18(23-14(2)24-19)20(26)22-12-15-6-4-3-5-7-15/h3-11H,12H2,1-2H3,(H,22,26)(H,23,24,25). The maximum atomic E-state index is 12.4. The summed E-state index contributed by atoms with van der Waals surface area (Å²) in [5.74, 6) is 0.842. The number of carbonyl (C=O) groups is 1. The number of carbonyl (C=O) groups excluding carboxylic acids is 1. The lowest BCUT2D eigenvalue weighted by molar-refractivity contribution is 0.0945. The molecule has 132 valence electrons. The first-order valence-corrected chi connectivity index (χ1v) is 8.60. The van der Waals surface area contributed by atoms with E-state index >= 15 is 0 Å². The first-order valence-electron chi connectivity index (χ1n) is 8.22. The normalized spacial score (nSPS) is 10.4. The van der Waals surface area contributed by atoms with Crippen molar-refractivity contribution in [1.29, 1.82) is 0 Å². The highest BCUT2D eigenvalue weighted by atomic mass is 35.5. The summed E-state index contributed by atoms with van der Waals surface area (Å²) in [6.45, 7) is 4.16. The second-order valence-corrected chi connectivity index (χ2v) is 6.37. The van der Waals surface area contributed by atoms with Crippen molar-refractivity contribution in [3.8, 4) is 0 Å². The molecule has 26 heavy (non-hydrogen) atoms. The Morgan fingerprint density at radius 3 is 2.54 bits per heavy atom. The van der Waals surface area contributed by atoms with Crippen molar-refractivity contribution in [2.45, 2.75) is 20.4 Å². The predicted molar refractivity (Wildman–Crippen MR) is 104 cm³/mol. The molecule has 0 saturated heterocycles. The number of aromatic nitrogens is 2. The van der Waals surface area contributed by atoms with Gasteiger partial charge in [-0.05, 0) is 43.2 Å². The first-order chi connectivity index (χ1) is 12.5. The summed E-state index contributed by atoms with van der Waals surface area (Å²) in [7, 11) is 0. The molecule has 3 aromatic rings. The van der Waals surface area contributed by atoms with Gasteiger partial charge in [0.05, 0.1) is 0 Å². The number of hydrogen-bond donors (Lipinski definition) is 2. The van der Waals surface area contributed by atoms with E-state index in [-0.39, 0.29) is 5.91 Å². The average Bonchev–Trinajstić information content (AvgIpc) is 2.62. The molecule has 5 nitrogen and oxygen atoms in total. The third-order valence-electron chi connectivity index (χ3n) is 3.82. The third-order valence-corrected chi connectivity index (χ3v) is 4.05. The molecule has 0 saturated carbocycles. The number of anilines is 2. The van der Waals surface area contributed by atoms with E-state index in [1.165, 1.54) is 0 Å². The molecule has 1 amide bonds. The highest BCUT2D eigenvalue weighted by Crippen LogP contribution is 2.23. The predicted octanol–water partition coefficient (Wildman–Crippen LogP) is 4.42. The van der Waals surface area contributed by atoms with Gasteiger partial charge in [-0.2, -0.15) is 0 Å². The monoisotopic (exact) mass is 366 g/mol. The van der Waals surface area contributed by atoms with Crippen LogP contribution in [0.15, 0.2) is 54.6 Å². The average molecular weight is 367 g/mol. The van der Waals surface area contributed by atoms with E-state index in [9.17, 15) is 4.79 Å². The Morgan fingerprint density at radius 1 is 1.04 bits per heavy atom. The number of amides is 1. The van der Waals surface area contributed by atoms with E-state index < -0.39 is 0 Å². The van der Waals surface area contributed by atoms with Gasteiger partial charge in [0.1, 0.15) is 17.3 Å². The molecule has 0 unspecified atom stereocenters. The Kier molecular flexibility index (Phi) is 5.49. The summed E-state index contributed by atoms with van der Waals surface area (Å²) in [5, 5.41) is 6.77. The number of nitrogens with one attached hydrogen (secondary N) is 2. The van der Waals surface area contributed by atoms with Crippen LogP contribution in [0.4, 0.5) is 11.5 Å². The number of benzene rings is 2. The second kappa shape index (κ2) is 7.97. The Labute approximate surface area is 157 Å². The molecule has 0 bridgehead atoms. The van der Waals surface area contributed by atoms with Gasteiger partial charge in [0, 0.05) is 23.3 Å². The van der Waals surface area contributed by atoms with Gasteiger partial charge in [-0.3, -0.25) is 4.79 Å². The van der Waals surface area contributed by atoms with Gasteiger partial charge in [-0.25, -0.2) is 9.97 Å². The Morgan fingerprint density at radius 2 is 1.81 bits per heavy atom.